The van der Waals surface area contributed by atoms with E-state index in [9.17, 15) is 14.7 Å². The zero-order chi connectivity index (χ0) is 33.6. The standard InChI is InChI=1S/C41H72O5/c1-3-5-7-9-11-13-15-17-19-20-22-24-26-28-30-32-34-36-41(44)46-39(37-42)38-45-40(43)35-33-31-29-27-25-23-21-18-16-14-12-10-8-6-4-2/h11,13,17-19,21-22,24,39,42H,3-10,12,14-16,20,23,25-38H2,1-2H3. The van der Waals surface area contributed by atoms with Crippen molar-refractivity contribution >= 4 is 11.9 Å². The van der Waals surface area contributed by atoms with Crippen LogP contribution in [0, 0.1) is 0 Å². The second kappa shape index (κ2) is 37.3. The molecule has 1 unspecified atom stereocenters. The predicted molar refractivity (Wildman–Crippen MR) is 196 cm³/mol. The summed E-state index contributed by atoms with van der Waals surface area (Å²) in [7, 11) is 0. The fraction of sp³-hybridized carbons (Fsp3) is 0.756. The Kier molecular flexibility index (Phi) is 35.6. The van der Waals surface area contributed by atoms with Gasteiger partial charge in [0.2, 0.25) is 0 Å². The van der Waals surface area contributed by atoms with Gasteiger partial charge in [-0.1, -0.05) is 140 Å². The first-order chi connectivity index (χ1) is 22.6. The lowest BCUT2D eigenvalue weighted by atomic mass is 10.1. The van der Waals surface area contributed by atoms with Crippen LogP contribution >= 0.6 is 0 Å². The molecule has 0 aliphatic heterocycles. The van der Waals surface area contributed by atoms with Crippen molar-refractivity contribution in [1.29, 1.82) is 0 Å². The molecule has 46 heavy (non-hydrogen) atoms. The van der Waals surface area contributed by atoms with Gasteiger partial charge in [-0.15, -0.1) is 0 Å². The van der Waals surface area contributed by atoms with E-state index in [0.29, 0.717) is 12.8 Å². The monoisotopic (exact) mass is 645 g/mol. The highest BCUT2D eigenvalue weighted by atomic mass is 16.6. The lowest BCUT2D eigenvalue weighted by Gasteiger charge is -2.15. The second-order valence-electron chi connectivity index (χ2n) is 12.6. The van der Waals surface area contributed by atoms with E-state index in [4.69, 9.17) is 9.47 Å². The number of ether oxygens (including phenoxy) is 2. The van der Waals surface area contributed by atoms with Crippen molar-refractivity contribution < 1.29 is 24.2 Å². The number of aliphatic hydroxyl groups excluding tert-OH is 1. The van der Waals surface area contributed by atoms with Gasteiger partial charge in [0, 0.05) is 12.8 Å². The quantitative estimate of drug-likeness (QED) is 0.0429. The minimum absolute atomic E-state index is 0.0799. The number of aliphatic hydroxyl groups is 1. The maximum absolute atomic E-state index is 12.1. The summed E-state index contributed by atoms with van der Waals surface area (Å²) in [5, 5.41) is 9.54. The molecule has 5 nitrogen and oxygen atoms in total. The molecular formula is C41H72O5. The summed E-state index contributed by atoms with van der Waals surface area (Å²) in [6, 6.07) is 0. The SMILES string of the molecule is CCCCCC=CCC=CCC=CCCCCCCC(=O)OC(CO)COC(=O)CCCCCCCC=CCCCCCCCC. The minimum atomic E-state index is -0.786. The molecule has 0 aromatic heterocycles. The Balaban J connectivity index is 3.63. The highest BCUT2D eigenvalue weighted by Crippen LogP contribution is 2.11. The van der Waals surface area contributed by atoms with Gasteiger partial charge in [-0.3, -0.25) is 9.59 Å². The zero-order valence-electron chi connectivity index (χ0n) is 30.1. The molecule has 0 fully saturated rings. The van der Waals surface area contributed by atoms with E-state index in [2.05, 4.69) is 62.5 Å². The molecule has 1 atom stereocenters. The molecule has 0 aromatic rings. The van der Waals surface area contributed by atoms with Gasteiger partial charge in [0.05, 0.1) is 6.61 Å². The number of allylic oxidation sites excluding steroid dienone is 8. The molecule has 0 rings (SSSR count). The smallest absolute Gasteiger partial charge is 0.306 e. The molecule has 1 N–H and O–H groups in total. The number of hydrogen-bond donors (Lipinski definition) is 1. The van der Waals surface area contributed by atoms with Crippen molar-refractivity contribution in [1.82, 2.24) is 0 Å². The molecule has 0 saturated heterocycles. The van der Waals surface area contributed by atoms with Crippen LogP contribution in [0.3, 0.4) is 0 Å². The molecule has 0 bridgehead atoms. The summed E-state index contributed by atoms with van der Waals surface area (Å²) in [6.07, 6.45) is 45.9. The third-order valence-electron chi connectivity index (χ3n) is 8.10. The van der Waals surface area contributed by atoms with Gasteiger partial charge >= 0.3 is 11.9 Å². The molecule has 266 valence electrons. The highest BCUT2D eigenvalue weighted by molar-refractivity contribution is 5.70. The first-order valence-corrected chi connectivity index (χ1v) is 19.2. The number of carbonyl (C=O) groups excluding carboxylic acids is 2. The molecule has 0 aliphatic carbocycles. The van der Waals surface area contributed by atoms with Crippen molar-refractivity contribution in [3.8, 4) is 0 Å². The number of unbranched alkanes of at least 4 members (excludes halogenated alkanes) is 18. The van der Waals surface area contributed by atoms with Crippen LogP contribution in [-0.2, 0) is 19.1 Å². The average Bonchev–Trinajstić information content (AvgIpc) is 3.06. The van der Waals surface area contributed by atoms with Gasteiger partial charge in [-0.2, -0.15) is 0 Å². The highest BCUT2D eigenvalue weighted by Gasteiger charge is 2.16. The third kappa shape index (κ3) is 34.7. The Morgan fingerprint density at radius 1 is 0.500 bits per heavy atom. The van der Waals surface area contributed by atoms with E-state index >= 15 is 0 Å². The lowest BCUT2D eigenvalue weighted by molar-refractivity contribution is -0.161. The van der Waals surface area contributed by atoms with Gasteiger partial charge in [-0.25, -0.2) is 0 Å². The predicted octanol–water partition coefficient (Wildman–Crippen LogP) is 11.8. The Morgan fingerprint density at radius 3 is 1.37 bits per heavy atom. The molecule has 0 saturated carbocycles. The Labute approximate surface area is 284 Å². The van der Waals surface area contributed by atoms with Gasteiger partial charge < -0.3 is 14.6 Å². The number of rotatable bonds is 34. The first-order valence-electron chi connectivity index (χ1n) is 19.2. The number of esters is 2. The zero-order valence-corrected chi connectivity index (χ0v) is 30.1. The normalized spacial score (nSPS) is 12.7. The van der Waals surface area contributed by atoms with E-state index in [-0.39, 0.29) is 25.2 Å². The molecule has 0 aliphatic rings. The minimum Gasteiger partial charge on any atom is -0.462 e. The Hall–Kier alpha value is -2.14. The molecule has 0 spiro atoms. The van der Waals surface area contributed by atoms with Crippen molar-refractivity contribution in [3.63, 3.8) is 0 Å². The second-order valence-corrected chi connectivity index (χ2v) is 12.6. The lowest BCUT2D eigenvalue weighted by Crippen LogP contribution is -2.28. The summed E-state index contributed by atoms with van der Waals surface area (Å²) >= 11 is 0. The van der Waals surface area contributed by atoms with E-state index in [1.165, 1.54) is 83.5 Å². The van der Waals surface area contributed by atoms with Gasteiger partial charge in [-0.05, 0) is 77.0 Å². The van der Waals surface area contributed by atoms with Crippen LogP contribution in [0.25, 0.3) is 0 Å². The van der Waals surface area contributed by atoms with E-state index in [1.807, 2.05) is 0 Å². The van der Waals surface area contributed by atoms with Crippen LogP contribution in [-0.4, -0.2) is 36.4 Å². The van der Waals surface area contributed by atoms with Crippen LogP contribution in [0.15, 0.2) is 48.6 Å². The van der Waals surface area contributed by atoms with E-state index in [1.54, 1.807) is 0 Å². The van der Waals surface area contributed by atoms with Crippen molar-refractivity contribution in [3.05, 3.63) is 48.6 Å². The topological polar surface area (TPSA) is 72.8 Å². The van der Waals surface area contributed by atoms with E-state index in [0.717, 1.165) is 70.6 Å². The van der Waals surface area contributed by atoms with Crippen molar-refractivity contribution in [2.75, 3.05) is 13.2 Å². The molecular weight excluding hydrogens is 572 g/mol. The van der Waals surface area contributed by atoms with Gasteiger partial charge in [0.25, 0.3) is 0 Å². The molecule has 5 heteroatoms. The molecule has 0 heterocycles. The van der Waals surface area contributed by atoms with Crippen LogP contribution < -0.4 is 0 Å². The first kappa shape index (κ1) is 43.9. The molecule has 0 aromatic carbocycles. The fourth-order valence-corrected chi connectivity index (χ4v) is 5.14. The third-order valence-corrected chi connectivity index (χ3v) is 8.10. The molecule has 0 amide bonds. The largest absolute Gasteiger partial charge is 0.462 e. The van der Waals surface area contributed by atoms with Crippen LogP contribution in [0.4, 0.5) is 0 Å². The van der Waals surface area contributed by atoms with E-state index < -0.39 is 6.10 Å². The summed E-state index contributed by atoms with van der Waals surface area (Å²) in [5.41, 5.74) is 0. The maximum atomic E-state index is 12.1. The van der Waals surface area contributed by atoms with Crippen molar-refractivity contribution in [2.45, 2.75) is 187 Å². The summed E-state index contributed by atoms with van der Waals surface area (Å²) < 4.78 is 10.6. The fourth-order valence-electron chi connectivity index (χ4n) is 5.14. The Bertz CT molecular complexity index is 782. The average molecular weight is 645 g/mol. The summed E-state index contributed by atoms with van der Waals surface area (Å²) in [5.74, 6) is -0.627. The van der Waals surface area contributed by atoms with Gasteiger partial charge in [0.1, 0.15) is 6.61 Å². The molecule has 0 radical (unpaired) electrons. The van der Waals surface area contributed by atoms with Crippen molar-refractivity contribution in [2.24, 2.45) is 0 Å². The van der Waals surface area contributed by atoms with Crippen LogP contribution in [0.5, 0.6) is 0 Å². The Morgan fingerprint density at radius 2 is 0.870 bits per heavy atom. The summed E-state index contributed by atoms with van der Waals surface area (Å²) in [4.78, 5) is 24.2. The van der Waals surface area contributed by atoms with Crippen LogP contribution in [0.2, 0.25) is 0 Å². The maximum Gasteiger partial charge on any atom is 0.306 e. The number of carbonyl (C=O) groups is 2. The van der Waals surface area contributed by atoms with Crippen LogP contribution in [0.1, 0.15) is 181 Å². The number of hydrogen-bond acceptors (Lipinski definition) is 5. The van der Waals surface area contributed by atoms with Gasteiger partial charge in [0.15, 0.2) is 6.10 Å². The summed E-state index contributed by atoms with van der Waals surface area (Å²) in [6.45, 7) is 4.07.